The highest BCUT2D eigenvalue weighted by atomic mass is 35.5. The number of hydrogen-bond donors (Lipinski definition) is 0. The van der Waals surface area contributed by atoms with E-state index in [2.05, 4.69) is 46.8 Å². The molecule has 1 aliphatic carbocycles. The van der Waals surface area contributed by atoms with E-state index in [4.69, 9.17) is 16.3 Å². The Morgan fingerprint density at radius 3 is 2.74 bits per heavy atom. The molecule has 0 aliphatic heterocycles. The summed E-state index contributed by atoms with van der Waals surface area (Å²) in [6.07, 6.45) is 2.35. The Morgan fingerprint density at radius 2 is 1.96 bits per heavy atom. The fraction of sp³-hybridized carbons (Fsp3) is 0.333. The van der Waals surface area contributed by atoms with Crippen molar-refractivity contribution in [2.24, 2.45) is 0 Å². The Bertz CT molecular complexity index is 952. The zero-order chi connectivity index (χ0) is 18.8. The van der Waals surface area contributed by atoms with Gasteiger partial charge in [-0.15, -0.1) is 10.2 Å². The minimum Gasteiger partial charge on any atom is -0.484 e. The summed E-state index contributed by atoms with van der Waals surface area (Å²) in [5.41, 5.74) is 3.95. The zero-order valence-corrected chi connectivity index (χ0v) is 17.1. The first-order chi connectivity index (χ1) is 13.1. The van der Waals surface area contributed by atoms with Gasteiger partial charge in [0.15, 0.2) is 11.0 Å². The van der Waals surface area contributed by atoms with Crippen molar-refractivity contribution in [2.45, 2.75) is 50.2 Å². The standard InChI is InChI=1S/C21H22ClN3OS/c1-14-7-8-15(2)16(11-14)13-27-21-24-23-20(25(21)17-9-10-17)12-26-19-6-4-3-5-18(19)22/h3-8,11,17H,9-10,12-13H2,1-2H3. The lowest BCUT2D eigenvalue weighted by molar-refractivity contribution is 0.288. The van der Waals surface area contributed by atoms with Crippen molar-refractivity contribution in [1.82, 2.24) is 14.8 Å². The Hall–Kier alpha value is -1.98. The smallest absolute Gasteiger partial charge is 0.191 e. The van der Waals surface area contributed by atoms with Crippen LogP contribution >= 0.6 is 23.4 Å². The highest BCUT2D eigenvalue weighted by molar-refractivity contribution is 7.98. The van der Waals surface area contributed by atoms with Crippen molar-refractivity contribution in [3.8, 4) is 5.75 Å². The third-order valence-corrected chi connectivity index (χ3v) is 6.01. The molecular weight excluding hydrogens is 378 g/mol. The molecule has 4 nitrogen and oxygen atoms in total. The number of benzene rings is 2. The first-order valence-corrected chi connectivity index (χ1v) is 10.5. The number of hydrogen-bond acceptors (Lipinski definition) is 4. The molecule has 6 heteroatoms. The summed E-state index contributed by atoms with van der Waals surface area (Å²) in [7, 11) is 0. The third kappa shape index (κ3) is 4.30. The second-order valence-electron chi connectivity index (χ2n) is 6.94. The zero-order valence-electron chi connectivity index (χ0n) is 15.5. The van der Waals surface area contributed by atoms with Crippen LogP contribution in [0.2, 0.25) is 5.02 Å². The number of halogens is 1. The third-order valence-electron chi connectivity index (χ3n) is 4.70. The number of ether oxygens (including phenoxy) is 1. The van der Waals surface area contributed by atoms with Gasteiger partial charge in [-0.1, -0.05) is 59.3 Å². The van der Waals surface area contributed by atoms with E-state index in [0.29, 0.717) is 23.4 Å². The summed E-state index contributed by atoms with van der Waals surface area (Å²) in [6, 6.07) is 14.6. The van der Waals surface area contributed by atoms with Crippen LogP contribution in [0.15, 0.2) is 47.6 Å². The van der Waals surface area contributed by atoms with Crippen molar-refractivity contribution >= 4 is 23.4 Å². The van der Waals surface area contributed by atoms with Crippen molar-refractivity contribution in [3.05, 3.63) is 70.0 Å². The van der Waals surface area contributed by atoms with Gasteiger partial charge in [-0.2, -0.15) is 0 Å². The normalized spacial score (nSPS) is 13.7. The first-order valence-electron chi connectivity index (χ1n) is 9.12. The van der Waals surface area contributed by atoms with Crippen LogP contribution in [-0.4, -0.2) is 14.8 Å². The van der Waals surface area contributed by atoms with E-state index in [0.717, 1.165) is 16.7 Å². The van der Waals surface area contributed by atoms with Crippen LogP contribution < -0.4 is 4.74 Å². The first kappa shape index (κ1) is 18.4. The van der Waals surface area contributed by atoms with Crippen molar-refractivity contribution in [1.29, 1.82) is 0 Å². The number of thioether (sulfide) groups is 1. The molecule has 1 heterocycles. The van der Waals surface area contributed by atoms with E-state index >= 15 is 0 Å². The summed E-state index contributed by atoms with van der Waals surface area (Å²) in [4.78, 5) is 0. The van der Waals surface area contributed by atoms with Gasteiger partial charge in [0.2, 0.25) is 0 Å². The van der Waals surface area contributed by atoms with Crippen LogP contribution in [0.4, 0.5) is 0 Å². The SMILES string of the molecule is Cc1ccc(C)c(CSc2nnc(COc3ccccc3Cl)n2C2CC2)c1. The maximum Gasteiger partial charge on any atom is 0.191 e. The van der Waals surface area contributed by atoms with Crippen LogP contribution in [0.25, 0.3) is 0 Å². The number of aromatic nitrogens is 3. The molecule has 4 rings (SSSR count). The minimum atomic E-state index is 0.372. The lowest BCUT2D eigenvalue weighted by Crippen LogP contribution is -2.07. The molecule has 1 fully saturated rings. The van der Waals surface area contributed by atoms with Gasteiger partial charge in [0.25, 0.3) is 0 Å². The maximum absolute atomic E-state index is 6.18. The van der Waals surface area contributed by atoms with Gasteiger partial charge in [0.05, 0.1) is 5.02 Å². The summed E-state index contributed by atoms with van der Waals surface area (Å²) in [6.45, 7) is 4.66. The Kier molecular flexibility index (Phi) is 5.41. The Morgan fingerprint density at radius 1 is 1.15 bits per heavy atom. The van der Waals surface area contributed by atoms with E-state index in [9.17, 15) is 0 Å². The lowest BCUT2D eigenvalue weighted by atomic mass is 10.1. The van der Waals surface area contributed by atoms with Crippen LogP contribution in [0.5, 0.6) is 5.75 Å². The number of aryl methyl sites for hydroxylation is 2. The molecule has 0 saturated heterocycles. The van der Waals surface area contributed by atoms with Crippen LogP contribution in [0.3, 0.4) is 0 Å². The van der Waals surface area contributed by atoms with Gasteiger partial charge in [-0.05, 0) is 49.9 Å². The van der Waals surface area contributed by atoms with E-state index in [1.165, 1.54) is 29.5 Å². The van der Waals surface area contributed by atoms with Gasteiger partial charge in [-0.3, -0.25) is 4.57 Å². The van der Waals surface area contributed by atoms with Gasteiger partial charge < -0.3 is 4.74 Å². The van der Waals surface area contributed by atoms with Crippen LogP contribution in [-0.2, 0) is 12.4 Å². The van der Waals surface area contributed by atoms with E-state index < -0.39 is 0 Å². The van der Waals surface area contributed by atoms with E-state index in [1.54, 1.807) is 11.8 Å². The van der Waals surface area contributed by atoms with Crippen LogP contribution in [0, 0.1) is 13.8 Å². The second-order valence-corrected chi connectivity index (χ2v) is 8.29. The summed E-state index contributed by atoms with van der Waals surface area (Å²) in [5, 5.41) is 10.4. The van der Waals surface area contributed by atoms with Crippen molar-refractivity contribution in [2.75, 3.05) is 0 Å². The molecule has 27 heavy (non-hydrogen) atoms. The van der Waals surface area contributed by atoms with Gasteiger partial charge >= 0.3 is 0 Å². The molecule has 1 aromatic heterocycles. The van der Waals surface area contributed by atoms with Crippen molar-refractivity contribution < 1.29 is 4.74 Å². The highest BCUT2D eigenvalue weighted by Crippen LogP contribution is 2.39. The lowest BCUT2D eigenvalue weighted by Gasteiger charge is -2.11. The molecule has 0 atom stereocenters. The summed E-state index contributed by atoms with van der Waals surface area (Å²) >= 11 is 7.93. The molecule has 2 aromatic carbocycles. The number of para-hydroxylation sites is 1. The largest absolute Gasteiger partial charge is 0.484 e. The molecule has 0 N–H and O–H groups in total. The summed E-state index contributed by atoms with van der Waals surface area (Å²) < 4.78 is 8.13. The topological polar surface area (TPSA) is 39.9 Å². The molecule has 1 aliphatic rings. The van der Waals surface area contributed by atoms with Crippen molar-refractivity contribution in [3.63, 3.8) is 0 Å². The minimum absolute atomic E-state index is 0.372. The Balaban J connectivity index is 1.49. The monoisotopic (exact) mass is 399 g/mol. The van der Waals surface area contributed by atoms with E-state index in [-0.39, 0.29) is 0 Å². The fourth-order valence-electron chi connectivity index (χ4n) is 3.01. The molecule has 0 amide bonds. The molecular formula is C21H22ClN3OS. The summed E-state index contributed by atoms with van der Waals surface area (Å²) in [5.74, 6) is 2.43. The average molecular weight is 400 g/mol. The molecule has 0 bridgehead atoms. The van der Waals surface area contributed by atoms with E-state index in [1.807, 2.05) is 24.3 Å². The predicted molar refractivity (Wildman–Crippen MR) is 110 cm³/mol. The molecule has 0 unspecified atom stereocenters. The highest BCUT2D eigenvalue weighted by Gasteiger charge is 2.30. The second kappa shape index (κ2) is 7.95. The average Bonchev–Trinajstić information content (AvgIpc) is 3.42. The quantitative estimate of drug-likeness (QED) is 0.474. The number of nitrogens with zero attached hydrogens (tertiary/aromatic N) is 3. The fourth-order valence-corrected chi connectivity index (χ4v) is 4.28. The van der Waals surface area contributed by atoms with Crippen LogP contribution in [0.1, 0.15) is 41.4 Å². The van der Waals surface area contributed by atoms with Gasteiger partial charge in [-0.25, -0.2) is 0 Å². The molecule has 3 aromatic rings. The molecule has 0 spiro atoms. The molecule has 0 radical (unpaired) electrons. The molecule has 140 valence electrons. The van der Waals surface area contributed by atoms with Gasteiger partial charge in [0, 0.05) is 11.8 Å². The van der Waals surface area contributed by atoms with Gasteiger partial charge in [0.1, 0.15) is 12.4 Å². The maximum atomic E-state index is 6.18. The number of rotatable bonds is 7. The predicted octanol–water partition coefficient (Wildman–Crippen LogP) is 5.75. The molecule has 1 saturated carbocycles. The Labute approximate surface area is 168 Å².